The number of nitrogens with zero attached hydrogens (tertiary/aromatic N) is 1. The van der Waals surface area contributed by atoms with Gasteiger partial charge in [-0.3, -0.25) is 0 Å². The molecule has 0 aliphatic carbocycles. The van der Waals surface area contributed by atoms with E-state index in [0.717, 1.165) is 15.6 Å². The van der Waals surface area contributed by atoms with Crippen molar-refractivity contribution in [3.63, 3.8) is 0 Å². The second kappa shape index (κ2) is 7.62. The molecule has 0 bridgehead atoms. The van der Waals surface area contributed by atoms with E-state index < -0.39 is 0 Å². The number of benzene rings is 2. The molecular weight excluding hydrogens is 349 g/mol. The predicted octanol–water partition coefficient (Wildman–Crippen LogP) is 4.71. The van der Waals surface area contributed by atoms with Crippen LogP contribution in [0.15, 0.2) is 46.9 Å². The van der Waals surface area contributed by atoms with Crippen molar-refractivity contribution >= 4 is 22.0 Å². The van der Waals surface area contributed by atoms with Gasteiger partial charge in [0.2, 0.25) is 0 Å². The third kappa shape index (κ3) is 4.09. The first-order valence-corrected chi connectivity index (χ1v) is 7.24. The van der Waals surface area contributed by atoms with E-state index in [1.807, 2.05) is 6.07 Å². The van der Waals surface area contributed by atoms with Crippen molar-refractivity contribution in [1.29, 1.82) is 5.26 Å². The van der Waals surface area contributed by atoms with Crippen LogP contribution in [0.3, 0.4) is 0 Å². The second-order valence-corrected chi connectivity index (χ2v) is 5.26. The van der Waals surface area contributed by atoms with Gasteiger partial charge in [-0.1, -0.05) is 28.1 Å². The van der Waals surface area contributed by atoms with Gasteiger partial charge in [0, 0.05) is 10.5 Å². The van der Waals surface area contributed by atoms with Gasteiger partial charge in [0.05, 0.1) is 13.2 Å². The van der Waals surface area contributed by atoms with Gasteiger partial charge >= 0.3 is 0 Å². The number of methoxy groups -OCH3 is 1. The SMILES string of the molecule is COc1cc(C=CC#N)c(Br)cc1OCc1ccc(F)cc1. The molecule has 0 radical (unpaired) electrons. The average molecular weight is 362 g/mol. The molecule has 0 aromatic heterocycles. The highest BCUT2D eigenvalue weighted by Gasteiger charge is 2.09. The van der Waals surface area contributed by atoms with Crippen LogP contribution in [0.4, 0.5) is 4.39 Å². The lowest BCUT2D eigenvalue weighted by Crippen LogP contribution is -1.98. The van der Waals surface area contributed by atoms with E-state index in [1.165, 1.54) is 18.2 Å². The van der Waals surface area contributed by atoms with Crippen molar-refractivity contribution in [2.75, 3.05) is 7.11 Å². The Labute approximate surface area is 136 Å². The van der Waals surface area contributed by atoms with E-state index in [9.17, 15) is 4.39 Å². The normalized spacial score (nSPS) is 10.5. The Morgan fingerprint density at radius 3 is 2.59 bits per heavy atom. The van der Waals surface area contributed by atoms with Gasteiger partial charge in [-0.15, -0.1) is 0 Å². The van der Waals surface area contributed by atoms with Gasteiger partial charge in [-0.2, -0.15) is 5.26 Å². The summed E-state index contributed by atoms with van der Waals surface area (Å²) in [6.07, 6.45) is 3.06. The van der Waals surface area contributed by atoms with Crippen LogP contribution >= 0.6 is 15.9 Å². The fraction of sp³-hybridized carbons (Fsp3) is 0.118. The van der Waals surface area contributed by atoms with Crippen LogP contribution < -0.4 is 9.47 Å². The van der Waals surface area contributed by atoms with Crippen LogP contribution in [0.2, 0.25) is 0 Å². The van der Waals surface area contributed by atoms with E-state index in [2.05, 4.69) is 15.9 Å². The first kappa shape index (κ1) is 16.1. The number of hydrogen-bond acceptors (Lipinski definition) is 3. The monoisotopic (exact) mass is 361 g/mol. The number of halogens is 2. The first-order chi connectivity index (χ1) is 10.6. The topological polar surface area (TPSA) is 42.2 Å². The number of ether oxygens (including phenoxy) is 2. The molecule has 2 aromatic carbocycles. The molecule has 0 saturated heterocycles. The summed E-state index contributed by atoms with van der Waals surface area (Å²) in [6.45, 7) is 0.302. The van der Waals surface area contributed by atoms with Crippen molar-refractivity contribution in [2.24, 2.45) is 0 Å². The molecule has 112 valence electrons. The molecule has 0 saturated carbocycles. The standard InChI is InChI=1S/C17H13BrFNO2/c1-21-16-9-13(3-2-8-20)15(18)10-17(16)22-11-12-4-6-14(19)7-5-12/h2-7,9-10H,11H2,1H3. The first-order valence-electron chi connectivity index (χ1n) is 6.45. The molecule has 0 aliphatic rings. The van der Waals surface area contributed by atoms with Crippen LogP contribution in [-0.2, 0) is 6.61 Å². The van der Waals surface area contributed by atoms with E-state index in [1.54, 1.807) is 37.5 Å². The third-order valence-electron chi connectivity index (χ3n) is 2.93. The van der Waals surface area contributed by atoms with E-state index in [-0.39, 0.29) is 5.82 Å². The summed E-state index contributed by atoms with van der Waals surface area (Å²) in [7, 11) is 1.55. The second-order valence-electron chi connectivity index (χ2n) is 4.40. The lowest BCUT2D eigenvalue weighted by atomic mass is 10.2. The molecule has 0 unspecified atom stereocenters. The Bertz CT molecular complexity index is 721. The minimum atomic E-state index is -0.280. The number of allylic oxidation sites excluding steroid dienone is 1. The zero-order chi connectivity index (χ0) is 15.9. The number of rotatable bonds is 5. The van der Waals surface area contributed by atoms with Gasteiger partial charge in [0.25, 0.3) is 0 Å². The highest BCUT2D eigenvalue weighted by Crippen LogP contribution is 2.34. The van der Waals surface area contributed by atoms with Gasteiger partial charge in [-0.25, -0.2) is 4.39 Å². The van der Waals surface area contributed by atoms with E-state index >= 15 is 0 Å². The van der Waals surface area contributed by atoms with Crippen molar-refractivity contribution in [2.45, 2.75) is 6.61 Å². The molecule has 0 fully saturated rings. The van der Waals surface area contributed by atoms with E-state index in [0.29, 0.717) is 18.1 Å². The fourth-order valence-electron chi connectivity index (χ4n) is 1.82. The van der Waals surface area contributed by atoms with Crippen LogP contribution in [0.25, 0.3) is 6.08 Å². The molecule has 2 rings (SSSR count). The molecule has 0 atom stereocenters. The van der Waals surface area contributed by atoms with Crippen LogP contribution in [-0.4, -0.2) is 7.11 Å². The largest absolute Gasteiger partial charge is 0.493 e. The Kier molecular flexibility index (Phi) is 5.56. The molecule has 0 N–H and O–H groups in total. The number of nitriles is 1. The molecular formula is C17H13BrFNO2. The average Bonchev–Trinajstić information content (AvgIpc) is 2.53. The summed E-state index contributed by atoms with van der Waals surface area (Å²) in [5.41, 5.74) is 1.67. The zero-order valence-corrected chi connectivity index (χ0v) is 13.4. The zero-order valence-electron chi connectivity index (χ0n) is 11.8. The minimum Gasteiger partial charge on any atom is -0.493 e. The van der Waals surface area contributed by atoms with Crippen molar-refractivity contribution in [3.05, 3.63) is 63.9 Å². The molecule has 0 amide bonds. The molecule has 2 aromatic rings. The minimum absolute atomic E-state index is 0.280. The fourth-order valence-corrected chi connectivity index (χ4v) is 2.27. The summed E-state index contributed by atoms with van der Waals surface area (Å²) < 4.78 is 24.7. The highest BCUT2D eigenvalue weighted by atomic mass is 79.9. The Hall–Kier alpha value is -2.32. The maximum atomic E-state index is 12.9. The van der Waals surface area contributed by atoms with E-state index in [4.69, 9.17) is 14.7 Å². The Balaban J connectivity index is 2.20. The summed E-state index contributed by atoms with van der Waals surface area (Å²) in [6, 6.07) is 11.6. The van der Waals surface area contributed by atoms with Crippen LogP contribution in [0, 0.1) is 17.1 Å². The summed E-state index contributed by atoms with van der Waals surface area (Å²) in [5, 5.41) is 8.59. The van der Waals surface area contributed by atoms with Crippen molar-refractivity contribution in [3.8, 4) is 17.6 Å². The highest BCUT2D eigenvalue weighted by molar-refractivity contribution is 9.10. The molecule has 5 heteroatoms. The van der Waals surface area contributed by atoms with Gasteiger partial charge in [0.1, 0.15) is 12.4 Å². The lowest BCUT2D eigenvalue weighted by molar-refractivity contribution is 0.284. The van der Waals surface area contributed by atoms with Crippen LogP contribution in [0.1, 0.15) is 11.1 Å². The maximum absolute atomic E-state index is 12.9. The molecule has 3 nitrogen and oxygen atoms in total. The Morgan fingerprint density at radius 1 is 1.23 bits per heavy atom. The van der Waals surface area contributed by atoms with Crippen molar-refractivity contribution in [1.82, 2.24) is 0 Å². The van der Waals surface area contributed by atoms with Crippen LogP contribution in [0.5, 0.6) is 11.5 Å². The van der Waals surface area contributed by atoms with Gasteiger partial charge in [-0.05, 0) is 41.5 Å². The number of hydrogen-bond donors (Lipinski definition) is 0. The Morgan fingerprint density at radius 2 is 1.95 bits per heavy atom. The third-order valence-corrected chi connectivity index (χ3v) is 3.61. The summed E-state index contributed by atoms with van der Waals surface area (Å²) in [5.74, 6) is 0.841. The van der Waals surface area contributed by atoms with Crippen molar-refractivity contribution < 1.29 is 13.9 Å². The molecule has 0 aliphatic heterocycles. The smallest absolute Gasteiger partial charge is 0.162 e. The summed E-state index contributed by atoms with van der Waals surface area (Å²) >= 11 is 3.43. The quantitative estimate of drug-likeness (QED) is 0.724. The molecule has 0 heterocycles. The van der Waals surface area contributed by atoms with Gasteiger partial charge < -0.3 is 9.47 Å². The predicted molar refractivity (Wildman–Crippen MR) is 86.1 cm³/mol. The molecule has 0 spiro atoms. The lowest BCUT2D eigenvalue weighted by Gasteiger charge is -2.13. The van der Waals surface area contributed by atoms with Gasteiger partial charge in [0.15, 0.2) is 11.5 Å². The molecule has 22 heavy (non-hydrogen) atoms. The maximum Gasteiger partial charge on any atom is 0.162 e. The summed E-state index contributed by atoms with van der Waals surface area (Å²) in [4.78, 5) is 0.